The summed E-state index contributed by atoms with van der Waals surface area (Å²) in [4.78, 5) is 27.9. The zero-order valence-electron chi connectivity index (χ0n) is 17.3. The van der Waals surface area contributed by atoms with Crippen LogP contribution >= 0.6 is 23.2 Å². The molecule has 160 valence electrons. The Morgan fingerprint density at radius 2 is 1.55 bits per heavy atom. The Hall–Kier alpha value is -2.76. The van der Waals surface area contributed by atoms with E-state index in [1.165, 1.54) is 0 Å². The number of halogens is 2. The predicted molar refractivity (Wildman–Crippen MR) is 124 cm³/mol. The number of carbonyl (C=O) groups excluding carboxylic acids is 2. The van der Waals surface area contributed by atoms with Gasteiger partial charge >= 0.3 is 0 Å². The summed E-state index contributed by atoms with van der Waals surface area (Å²) in [5.74, 6) is -1.10. The average Bonchev–Trinajstić information content (AvgIpc) is 2.67. The molecule has 1 aliphatic heterocycles. The van der Waals surface area contributed by atoms with Crippen LogP contribution in [-0.4, -0.2) is 11.7 Å². The van der Waals surface area contributed by atoms with Crippen molar-refractivity contribution in [2.24, 2.45) is 16.9 Å². The summed E-state index contributed by atoms with van der Waals surface area (Å²) in [5, 5.41) is 1.14. The van der Waals surface area contributed by atoms with E-state index in [1.807, 2.05) is 12.1 Å². The molecule has 4 rings (SSSR count). The number of nitrogens with zero attached hydrogens (tertiary/aromatic N) is 1. The highest BCUT2D eigenvalue weighted by atomic mass is 35.5. The molecule has 2 aromatic rings. The Balaban J connectivity index is 2.01. The highest BCUT2D eigenvalue weighted by Gasteiger charge is 2.45. The largest absolute Gasteiger partial charge is 0.384 e. The van der Waals surface area contributed by atoms with Gasteiger partial charge in [0, 0.05) is 39.3 Å². The highest BCUT2D eigenvalue weighted by molar-refractivity contribution is 6.30. The first-order chi connectivity index (χ1) is 14.6. The van der Waals surface area contributed by atoms with Gasteiger partial charge in [-0.1, -0.05) is 49.2 Å². The van der Waals surface area contributed by atoms with Crippen molar-refractivity contribution < 1.29 is 9.59 Å². The number of ketones is 1. The number of amides is 1. The third-order valence-corrected chi connectivity index (χ3v) is 6.32. The smallest absolute Gasteiger partial charge is 0.249 e. The molecule has 2 aliphatic rings. The second-order valence-corrected chi connectivity index (χ2v) is 9.63. The number of nitrogens with two attached hydrogens (primary N) is 2. The summed E-state index contributed by atoms with van der Waals surface area (Å²) in [6, 6.07) is 14.2. The molecule has 0 spiro atoms. The van der Waals surface area contributed by atoms with Crippen LogP contribution in [0.1, 0.15) is 38.2 Å². The minimum Gasteiger partial charge on any atom is -0.384 e. The Morgan fingerprint density at radius 3 is 2.10 bits per heavy atom. The lowest BCUT2D eigenvalue weighted by molar-refractivity contribution is -0.118. The molecule has 0 saturated heterocycles. The summed E-state index contributed by atoms with van der Waals surface area (Å²) in [6.45, 7) is 4.10. The first-order valence-electron chi connectivity index (χ1n) is 9.96. The van der Waals surface area contributed by atoms with Gasteiger partial charge in [-0.15, -0.1) is 0 Å². The van der Waals surface area contributed by atoms with Crippen LogP contribution in [0, 0.1) is 5.41 Å². The molecule has 1 atom stereocenters. The van der Waals surface area contributed by atoms with Gasteiger partial charge in [-0.25, -0.2) is 0 Å². The van der Waals surface area contributed by atoms with Gasteiger partial charge in [0.1, 0.15) is 5.82 Å². The van der Waals surface area contributed by atoms with Crippen LogP contribution in [0.3, 0.4) is 0 Å². The summed E-state index contributed by atoms with van der Waals surface area (Å²) >= 11 is 12.1. The van der Waals surface area contributed by atoms with E-state index in [1.54, 1.807) is 41.3 Å². The fraction of sp³-hybridized carbons (Fsp3) is 0.250. The lowest BCUT2D eigenvalue weighted by Gasteiger charge is -2.44. The first-order valence-corrected chi connectivity index (χ1v) is 10.7. The average molecular weight is 456 g/mol. The van der Waals surface area contributed by atoms with Gasteiger partial charge in [-0.3, -0.25) is 14.5 Å². The number of carbonyl (C=O) groups is 2. The first kappa shape index (κ1) is 21.5. The third kappa shape index (κ3) is 3.84. The summed E-state index contributed by atoms with van der Waals surface area (Å²) in [5.41, 5.74) is 15.2. The summed E-state index contributed by atoms with van der Waals surface area (Å²) in [7, 11) is 0. The number of benzene rings is 2. The minimum absolute atomic E-state index is 0.0172. The SMILES string of the molecule is CC1(C)CC(=O)C2=C(C1)N(c1ccc(Cl)cc1)C(N)=C(C(N)=O)C2c1ccc(Cl)cc1. The van der Waals surface area contributed by atoms with Crippen molar-refractivity contribution >= 4 is 40.6 Å². The molecule has 1 amide bonds. The molecular formula is C24H23Cl2N3O2. The second kappa shape index (κ2) is 7.74. The standard InChI is InChI=1S/C24H23Cl2N3O2/c1-24(2)11-17-20(18(30)12-24)19(13-3-5-14(25)6-4-13)21(23(28)31)22(27)29(17)16-9-7-15(26)8-10-16/h3-10,19H,11-12,27H2,1-2H3,(H2,28,31). The Labute approximate surface area is 191 Å². The van der Waals surface area contributed by atoms with Crippen LogP contribution in [0.5, 0.6) is 0 Å². The van der Waals surface area contributed by atoms with E-state index >= 15 is 0 Å². The van der Waals surface area contributed by atoms with Gasteiger partial charge in [-0.05, 0) is 53.8 Å². The molecule has 1 heterocycles. The second-order valence-electron chi connectivity index (χ2n) is 8.76. The lowest BCUT2D eigenvalue weighted by Crippen LogP contribution is -2.44. The van der Waals surface area contributed by atoms with E-state index in [4.69, 9.17) is 34.7 Å². The zero-order chi connectivity index (χ0) is 22.5. The molecule has 2 aromatic carbocycles. The normalized spacial score (nSPS) is 20.7. The van der Waals surface area contributed by atoms with Crippen LogP contribution in [0.15, 0.2) is 71.2 Å². The maximum absolute atomic E-state index is 13.5. The van der Waals surface area contributed by atoms with Crippen molar-refractivity contribution in [2.75, 3.05) is 4.90 Å². The van der Waals surface area contributed by atoms with E-state index in [0.717, 1.165) is 11.3 Å². The van der Waals surface area contributed by atoms with Crippen molar-refractivity contribution in [1.29, 1.82) is 0 Å². The van der Waals surface area contributed by atoms with Gasteiger partial charge in [0.2, 0.25) is 5.91 Å². The topological polar surface area (TPSA) is 89.4 Å². The molecule has 7 heteroatoms. The summed E-state index contributed by atoms with van der Waals surface area (Å²) < 4.78 is 0. The number of rotatable bonds is 3. The molecule has 31 heavy (non-hydrogen) atoms. The molecule has 0 aromatic heterocycles. The van der Waals surface area contributed by atoms with E-state index in [0.29, 0.717) is 34.1 Å². The fourth-order valence-electron chi connectivity index (χ4n) is 4.53. The molecule has 0 bridgehead atoms. The number of anilines is 1. The lowest BCUT2D eigenvalue weighted by atomic mass is 9.68. The van der Waals surface area contributed by atoms with Crippen molar-refractivity contribution in [3.05, 3.63) is 86.8 Å². The molecule has 5 nitrogen and oxygen atoms in total. The van der Waals surface area contributed by atoms with Crippen molar-refractivity contribution in [1.82, 2.24) is 0 Å². The van der Waals surface area contributed by atoms with Gasteiger partial charge in [0.25, 0.3) is 0 Å². The van der Waals surface area contributed by atoms with Crippen molar-refractivity contribution in [3.8, 4) is 0 Å². The third-order valence-electron chi connectivity index (χ3n) is 5.81. The van der Waals surface area contributed by atoms with Crippen LogP contribution in [0.2, 0.25) is 10.0 Å². The van der Waals surface area contributed by atoms with E-state index in [9.17, 15) is 9.59 Å². The van der Waals surface area contributed by atoms with Crippen LogP contribution in [-0.2, 0) is 9.59 Å². The number of hydrogen-bond donors (Lipinski definition) is 2. The van der Waals surface area contributed by atoms with Gasteiger partial charge in [0.05, 0.1) is 5.57 Å². The van der Waals surface area contributed by atoms with Crippen LogP contribution < -0.4 is 16.4 Å². The van der Waals surface area contributed by atoms with Gasteiger partial charge < -0.3 is 11.5 Å². The molecule has 0 radical (unpaired) electrons. The minimum atomic E-state index is -0.666. The molecule has 1 aliphatic carbocycles. The summed E-state index contributed by atoms with van der Waals surface area (Å²) in [6.07, 6.45) is 0.990. The molecule has 0 fully saturated rings. The zero-order valence-corrected chi connectivity index (χ0v) is 18.8. The van der Waals surface area contributed by atoms with E-state index in [2.05, 4.69) is 13.8 Å². The van der Waals surface area contributed by atoms with Gasteiger partial charge in [-0.2, -0.15) is 0 Å². The van der Waals surface area contributed by atoms with E-state index in [-0.39, 0.29) is 22.6 Å². The Kier molecular flexibility index (Phi) is 5.36. The maximum Gasteiger partial charge on any atom is 0.249 e. The maximum atomic E-state index is 13.5. The van der Waals surface area contributed by atoms with E-state index < -0.39 is 11.8 Å². The monoisotopic (exact) mass is 455 g/mol. The Bertz CT molecular complexity index is 1130. The highest BCUT2D eigenvalue weighted by Crippen LogP contribution is 2.50. The van der Waals surface area contributed by atoms with Gasteiger partial charge in [0.15, 0.2) is 5.78 Å². The van der Waals surface area contributed by atoms with Crippen molar-refractivity contribution in [3.63, 3.8) is 0 Å². The van der Waals surface area contributed by atoms with Crippen molar-refractivity contribution in [2.45, 2.75) is 32.6 Å². The number of allylic oxidation sites excluding steroid dienone is 2. The predicted octanol–water partition coefficient (Wildman–Crippen LogP) is 4.90. The molecule has 0 saturated carbocycles. The van der Waals surface area contributed by atoms with Crippen LogP contribution in [0.25, 0.3) is 0 Å². The number of hydrogen-bond acceptors (Lipinski definition) is 4. The molecule has 4 N–H and O–H groups in total. The quantitative estimate of drug-likeness (QED) is 0.688. The molecule has 1 unspecified atom stereocenters. The number of primary amides is 1. The van der Waals surface area contributed by atoms with Crippen LogP contribution in [0.4, 0.5) is 5.69 Å². The fourth-order valence-corrected chi connectivity index (χ4v) is 4.78. The number of Topliss-reactive ketones (excluding diaryl/α,β-unsaturated/α-hetero) is 1. The Morgan fingerprint density at radius 1 is 1.00 bits per heavy atom. The molecular weight excluding hydrogens is 433 g/mol.